The molecule has 2 N–H and O–H groups in total. The Hall–Kier alpha value is -0.830. The minimum absolute atomic E-state index is 0.284. The molecule has 0 spiro atoms. The first kappa shape index (κ1) is 14.6. The minimum Gasteiger partial charge on any atom is -0.327 e. The second-order valence-corrected chi connectivity index (χ2v) is 6.82. The van der Waals surface area contributed by atoms with Gasteiger partial charge in [-0.1, -0.05) is 13.8 Å². The summed E-state index contributed by atoms with van der Waals surface area (Å²) in [6.45, 7) is 8.99. The van der Waals surface area contributed by atoms with Crippen molar-refractivity contribution < 1.29 is 0 Å². The fourth-order valence-corrected chi connectivity index (χ4v) is 3.87. The lowest BCUT2D eigenvalue weighted by atomic mass is 9.73. The molecule has 1 fully saturated rings. The maximum absolute atomic E-state index is 6.51. The van der Waals surface area contributed by atoms with Gasteiger partial charge in [0.15, 0.2) is 0 Å². The summed E-state index contributed by atoms with van der Waals surface area (Å²) < 4.78 is 1.98. The van der Waals surface area contributed by atoms with Gasteiger partial charge in [-0.25, -0.2) is 0 Å². The van der Waals surface area contributed by atoms with E-state index in [0.29, 0.717) is 5.92 Å². The zero-order valence-corrected chi connectivity index (χ0v) is 13.1. The monoisotopic (exact) mass is 263 g/mol. The Morgan fingerprint density at radius 1 is 1.21 bits per heavy atom. The summed E-state index contributed by atoms with van der Waals surface area (Å²) in [5.41, 5.74) is 10.3. The Labute approximate surface area is 117 Å². The Kier molecular flexibility index (Phi) is 4.34. The number of rotatable bonds is 3. The number of aryl methyl sites for hydroxylation is 2. The largest absolute Gasteiger partial charge is 0.327 e. The van der Waals surface area contributed by atoms with Crippen LogP contribution in [0.15, 0.2) is 0 Å². The highest BCUT2D eigenvalue weighted by atomic mass is 15.3. The van der Waals surface area contributed by atoms with E-state index in [1.54, 1.807) is 0 Å². The second-order valence-electron chi connectivity index (χ2n) is 6.82. The third-order valence-corrected chi connectivity index (χ3v) is 4.92. The highest BCUT2D eigenvalue weighted by molar-refractivity contribution is 5.25. The van der Waals surface area contributed by atoms with Crippen molar-refractivity contribution in [1.29, 1.82) is 0 Å². The second kappa shape index (κ2) is 5.66. The number of nitrogens with zero attached hydrogens (tertiary/aromatic N) is 2. The molecular weight excluding hydrogens is 234 g/mol. The third-order valence-electron chi connectivity index (χ3n) is 4.92. The Morgan fingerprint density at radius 3 is 2.26 bits per heavy atom. The van der Waals surface area contributed by atoms with E-state index in [1.165, 1.54) is 30.5 Å². The number of hydrogen-bond acceptors (Lipinski definition) is 2. The normalized spacial score (nSPS) is 29.5. The van der Waals surface area contributed by atoms with Gasteiger partial charge in [0.25, 0.3) is 0 Å². The van der Waals surface area contributed by atoms with Crippen LogP contribution in [-0.4, -0.2) is 15.8 Å². The topological polar surface area (TPSA) is 43.8 Å². The van der Waals surface area contributed by atoms with Gasteiger partial charge in [0.1, 0.15) is 0 Å². The summed E-state index contributed by atoms with van der Waals surface area (Å²) in [5.74, 6) is 2.34. The smallest absolute Gasteiger partial charge is 0.0628 e. The van der Waals surface area contributed by atoms with E-state index in [4.69, 9.17) is 5.73 Å². The van der Waals surface area contributed by atoms with E-state index in [-0.39, 0.29) is 6.04 Å². The first-order valence-corrected chi connectivity index (χ1v) is 7.63. The fourth-order valence-electron chi connectivity index (χ4n) is 3.87. The summed E-state index contributed by atoms with van der Waals surface area (Å²) in [7, 11) is 2.02. The minimum atomic E-state index is 0.284. The molecule has 3 unspecified atom stereocenters. The Morgan fingerprint density at radius 2 is 1.79 bits per heavy atom. The molecule has 1 saturated carbocycles. The maximum Gasteiger partial charge on any atom is 0.0628 e. The van der Waals surface area contributed by atoms with Crippen LogP contribution in [0.25, 0.3) is 0 Å². The Bertz CT molecular complexity index is 425. The van der Waals surface area contributed by atoms with Crippen LogP contribution in [-0.2, 0) is 13.5 Å². The first-order chi connectivity index (χ1) is 8.88. The number of aromatic nitrogens is 2. The summed E-state index contributed by atoms with van der Waals surface area (Å²) in [5, 5.41) is 4.50. The van der Waals surface area contributed by atoms with E-state index >= 15 is 0 Å². The van der Waals surface area contributed by atoms with E-state index in [2.05, 4.69) is 32.8 Å². The molecule has 1 aliphatic rings. The molecule has 0 aliphatic heterocycles. The van der Waals surface area contributed by atoms with Gasteiger partial charge in [0, 0.05) is 18.8 Å². The molecule has 0 bridgehead atoms. The van der Waals surface area contributed by atoms with Gasteiger partial charge in [-0.3, -0.25) is 4.68 Å². The summed E-state index contributed by atoms with van der Waals surface area (Å²) in [6.07, 6.45) is 4.94. The lowest BCUT2D eigenvalue weighted by Crippen LogP contribution is -2.37. The molecule has 2 rings (SSSR count). The van der Waals surface area contributed by atoms with Crippen LogP contribution in [0.5, 0.6) is 0 Å². The van der Waals surface area contributed by atoms with Crippen LogP contribution in [0.2, 0.25) is 0 Å². The van der Waals surface area contributed by atoms with Gasteiger partial charge >= 0.3 is 0 Å². The first-order valence-electron chi connectivity index (χ1n) is 7.63. The highest BCUT2D eigenvalue weighted by Gasteiger charge is 2.29. The molecule has 1 aromatic rings. The lowest BCUT2D eigenvalue weighted by molar-refractivity contribution is 0.192. The highest BCUT2D eigenvalue weighted by Crippen LogP contribution is 2.35. The van der Waals surface area contributed by atoms with Gasteiger partial charge in [0.05, 0.1) is 5.69 Å². The zero-order chi connectivity index (χ0) is 14.2. The van der Waals surface area contributed by atoms with Crippen molar-refractivity contribution in [2.75, 3.05) is 0 Å². The van der Waals surface area contributed by atoms with Crippen LogP contribution < -0.4 is 5.73 Å². The predicted molar refractivity (Wildman–Crippen MR) is 80.0 cm³/mol. The van der Waals surface area contributed by atoms with Crippen molar-refractivity contribution in [2.24, 2.45) is 30.5 Å². The summed E-state index contributed by atoms with van der Waals surface area (Å²) in [6, 6.07) is 0.284. The molecule has 0 amide bonds. The van der Waals surface area contributed by atoms with Crippen molar-refractivity contribution in [1.82, 2.24) is 9.78 Å². The van der Waals surface area contributed by atoms with Crippen molar-refractivity contribution in [3.8, 4) is 0 Å². The fraction of sp³-hybridized carbons (Fsp3) is 0.812. The summed E-state index contributed by atoms with van der Waals surface area (Å²) >= 11 is 0. The van der Waals surface area contributed by atoms with E-state index in [1.807, 2.05) is 11.7 Å². The average Bonchev–Trinajstić information content (AvgIpc) is 2.54. The molecule has 1 heterocycles. The molecule has 0 radical (unpaired) electrons. The number of hydrogen-bond donors (Lipinski definition) is 1. The van der Waals surface area contributed by atoms with E-state index in [9.17, 15) is 0 Å². The van der Waals surface area contributed by atoms with Crippen molar-refractivity contribution >= 4 is 0 Å². The van der Waals surface area contributed by atoms with Crippen LogP contribution in [0.3, 0.4) is 0 Å². The molecule has 19 heavy (non-hydrogen) atoms. The van der Waals surface area contributed by atoms with Crippen LogP contribution in [0.4, 0.5) is 0 Å². The van der Waals surface area contributed by atoms with Gasteiger partial charge in [0.2, 0.25) is 0 Å². The van der Waals surface area contributed by atoms with Crippen molar-refractivity contribution in [3.05, 3.63) is 17.0 Å². The summed E-state index contributed by atoms with van der Waals surface area (Å²) in [4.78, 5) is 0. The van der Waals surface area contributed by atoms with Crippen molar-refractivity contribution in [2.45, 2.75) is 59.4 Å². The van der Waals surface area contributed by atoms with Crippen LogP contribution >= 0.6 is 0 Å². The maximum atomic E-state index is 6.51. The molecule has 108 valence electrons. The molecule has 1 aromatic heterocycles. The standard InChI is InChI=1S/C16H29N3/c1-10-6-11(2)8-14(7-10)16(17)9-15-12(3)18-19(5)13(15)4/h10-11,14,16H,6-9,17H2,1-5H3. The lowest BCUT2D eigenvalue weighted by Gasteiger charge is -2.35. The SMILES string of the molecule is Cc1nn(C)c(C)c1CC(N)C1CC(C)CC(C)C1. The third kappa shape index (κ3) is 3.19. The van der Waals surface area contributed by atoms with E-state index < -0.39 is 0 Å². The number of nitrogens with two attached hydrogens (primary N) is 1. The van der Waals surface area contributed by atoms with Gasteiger partial charge in [-0.15, -0.1) is 0 Å². The van der Waals surface area contributed by atoms with Gasteiger partial charge in [-0.2, -0.15) is 5.10 Å². The van der Waals surface area contributed by atoms with Gasteiger partial charge < -0.3 is 5.73 Å². The Balaban J connectivity index is 2.06. The molecule has 3 nitrogen and oxygen atoms in total. The predicted octanol–water partition coefficient (Wildman–Crippen LogP) is 2.98. The molecule has 3 atom stereocenters. The molecule has 0 saturated heterocycles. The van der Waals surface area contributed by atoms with E-state index in [0.717, 1.165) is 24.0 Å². The van der Waals surface area contributed by atoms with Crippen LogP contribution in [0, 0.1) is 31.6 Å². The van der Waals surface area contributed by atoms with Gasteiger partial charge in [-0.05, 0) is 62.8 Å². The molecule has 1 aliphatic carbocycles. The molecule has 3 heteroatoms. The zero-order valence-electron chi connectivity index (χ0n) is 13.1. The average molecular weight is 263 g/mol. The molecule has 0 aromatic carbocycles. The van der Waals surface area contributed by atoms with Crippen LogP contribution in [0.1, 0.15) is 50.1 Å². The quantitative estimate of drug-likeness (QED) is 0.911. The molecular formula is C16H29N3. The van der Waals surface area contributed by atoms with Crippen molar-refractivity contribution in [3.63, 3.8) is 0 Å².